The van der Waals surface area contributed by atoms with Crippen LogP contribution in [0.15, 0.2) is 18.7 Å². The molecule has 0 aromatic carbocycles. The Hall–Kier alpha value is -1.03. The van der Waals surface area contributed by atoms with E-state index in [2.05, 4.69) is 14.9 Å². The first-order valence-corrected chi connectivity index (χ1v) is 2.41. The Labute approximate surface area is 51.4 Å². The van der Waals surface area contributed by atoms with Gasteiger partial charge in [-0.05, 0) is 4.53 Å². The number of hydrogen-bond acceptors (Lipinski definition) is 3. The quantitative estimate of drug-likeness (QED) is 0.593. The maximum Gasteiger partial charge on any atom is 0.116 e. The highest BCUT2D eigenvalue weighted by molar-refractivity contribution is 4.99. The molecule has 1 rings (SSSR count). The van der Waals surface area contributed by atoms with Crippen LogP contribution in [0.2, 0.25) is 0 Å². The zero-order chi connectivity index (χ0) is 6.53. The van der Waals surface area contributed by atoms with Gasteiger partial charge in [-0.1, -0.05) is 0 Å². The van der Waals surface area contributed by atoms with Crippen LogP contribution in [0.3, 0.4) is 0 Å². The average Bonchev–Trinajstić information content (AvgIpc) is 1.91. The zero-order valence-electron chi connectivity index (χ0n) is 4.62. The van der Waals surface area contributed by atoms with E-state index in [-0.39, 0.29) is 6.61 Å². The van der Waals surface area contributed by atoms with Gasteiger partial charge in [0, 0.05) is 18.0 Å². The molecular weight excluding hydrogens is 123 g/mol. The lowest BCUT2D eigenvalue weighted by Gasteiger charge is -1.90. The van der Waals surface area contributed by atoms with Crippen molar-refractivity contribution >= 4 is 0 Å². The molecule has 1 aromatic rings. The van der Waals surface area contributed by atoms with Gasteiger partial charge in [0.05, 0.1) is 0 Å². The monoisotopic (exact) mass is 128 g/mol. The van der Waals surface area contributed by atoms with Gasteiger partial charge in [-0.2, -0.15) is 4.94 Å². The highest BCUT2D eigenvalue weighted by Crippen LogP contribution is 1.94. The van der Waals surface area contributed by atoms with Gasteiger partial charge in [0.1, 0.15) is 12.9 Å². The van der Waals surface area contributed by atoms with Crippen LogP contribution in [0.25, 0.3) is 0 Å². The molecule has 0 spiro atoms. The van der Waals surface area contributed by atoms with E-state index >= 15 is 0 Å². The summed E-state index contributed by atoms with van der Waals surface area (Å²) in [5.41, 5.74) is 0.625. The molecule has 0 bridgehead atoms. The first-order valence-electron chi connectivity index (χ1n) is 2.41. The smallest absolute Gasteiger partial charge is 0.116 e. The van der Waals surface area contributed by atoms with E-state index in [4.69, 9.17) is 0 Å². The van der Waals surface area contributed by atoms with Gasteiger partial charge >= 0.3 is 0 Å². The molecule has 0 fully saturated rings. The summed E-state index contributed by atoms with van der Waals surface area (Å²) >= 11 is 0. The van der Waals surface area contributed by atoms with Crippen molar-refractivity contribution in [3.63, 3.8) is 0 Å². The van der Waals surface area contributed by atoms with E-state index in [9.17, 15) is 4.53 Å². The molecule has 0 saturated carbocycles. The number of halogens is 1. The van der Waals surface area contributed by atoms with Crippen molar-refractivity contribution in [3.8, 4) is 0 Å². The standard InChI is InChI=1S/C5H5FN2O/c6-9-3-5-1-7-4-8-2-5/h1-2,4H,3H2. The predicted octanol–water partition coefficient (Wildman–Crippen LogP) is 0.878. The van der Waals surface area contributed by atoms with Gasteiger partial charge in [0.15, 0.2) is 0 Å². The van der Waals surface area contributed by atoms with E-state index in [0.717, 1.165) is 0 Å². The first kappa shape index (κ1) is 6.10. The number of aromatic nitrogens is 2. The van der Waals surface area contributed by atoms with Crippen molar-refractivity contribution in [2.24, 2.45) is 0 Å². The van der Waals surface area contributed by atoms with Crippen molar-refractivity contribution in [2.45, 2.75) is 6.61 Å². The summed E-state index contributed by atoms with van der Waals surface area (Å²) in [6.07, 6.45) is 4.36. The Bertz CT molecular complexity index is 168. The summed E-state index contributed by atoms with van der Waals surface area (Å²) in [6.45, 7) is -0.0825. The van der Waals surface area contributed by atoms with E-state index < -0.39 is 0 Å². The highest BCUT2D eigenvalue weighted by Gasteiger charge is 1.89. The van der Waals surface area contributed by atoms with Crippen LogP contribution in [-0.2, 0) is 11.5 Å². The molecule has 0 unspecified atom stereocenters. The van der Waals surface area contributed by atoms with Crippen LogP contribution < -0.4 is 0 Å². The molecule has 0 amide bonds. The number of rotatable bonds is 2. The summed E-state index contributed by atoms with van der Waals surface area (Å²) in [5, 5.41) is 0. The van der Waals surface area contributed by atoms with Gasteiger partial charge in [0.25, 0.3) is 0 Å². The van der Waals surface area contributed by atoms with Crippen molar-refractivity contribution in [1.82, 2.24) is 9.97 Å². The molecule has 0 saturated heterocycles. The van der Waals surface area contributed by atoms with E-state index in [1.807, 2.05) is 0 Å². The minimum atomic E-state index is -0.0825. The fraction of sp³-hybridized carbons (Fsp3) is 0.200. The van der Waals surface area contributed by atoms with Gasteiger partial charge < -0.3 is 0 Å². The molecule has 0 radical (unpaired) electrons. The average molecular weight is 128 g/mol. The molecule has 1 heterocycles. The summed E-state index contributed by atoms with van der Waals surface area (Å²) in [5.74, 6) is 0. The second-order valence-electron chi connectivity index (χ2n) is 1.50. The van der Waals surface area contributed by atoms with Crippen molar-refractivity contribution in [3.05, 3.63) is 24.3 Å². The summed E-state index contributed by atoms with van der Waals surface area (Å²) in [7, 11) is 0. The number of nitrogens with zero attached hydrogens (tertiary/aromatic N) is 2. The van der Waals surface area contributed by atoms with Gasteiger partial charge in [-0.15, -0.1) is 0 Å². The zero-order valence-corrected chi connectivity index (χ0v) is 4.62. The lowest BCUT2D eigenvalue weighted by molar-refractivity contribution is -0.144. The summed E-state index contributed by atoms with van der Waals surface area (Å²) < 4.78 is 11.1. The van der Waals surface area contributed by atoms with Gasteiger partial charge in [-0.25, -0.2) is 9.97 Å². The van der Waals surface area contributed by atoms with Crippen LogP contribution in [0.1, 0.15) is 5.56 Å². The highest BCUT2D eigenvalue weighted by atomic mass is 19.3. The van der Waals surface area contributed by atoms with Crippen LogP contribution in [0, 0.1) is 0 Å². The molecule has 0 N–H and O–H groups in total. The Kier molecular flexibility index (Phi) is 2.09. The summed E-state index contributed by atoms with van der Waals surface area (Å²) in [6, 6.07) is 0. The largest absolute Gasteiger partial charge is 0.244 e. The molecule has 0 atom stereocenters. The third-order valence-corrected chi connectivity index (χ3v) is 0.835. The predicted molar refractivity (Wildman–Crippen MR) is 27.9 cm³/mol. The Balaban J connectivity index is 2.61. The van der Waals surface area contributed by atoms with Crippen molar-refractivity contribution in [2.75, 3.05) is 0 Å². The van der Waals surface area contributed by atoms with Gasteiger partial charge in [0.2, 0.25) is 0 Å². The Morgan fingerprint density at radius 2 is 2.11 bits per heavy atom. The first-order chi connectivity index (χ1) is 4.43. The minimum absolute atomic E-state index is 0.0825. The topological polar surface area (TPSA) is 35.0 Å². The maximum atomic E-state index is 11.1. The van der Waals surface area contributed by atoms with Crippen LogP contribution in [0.4, 0.5) is 4.53 Å². The molecule has 9 heavy (non-hydrogen) atoms. The maximum absolute atomic E-state index is 11.1. The molecule has 0 aliphatic heterocycles. The van der Waals surface area contributed by atoms with Crippen LogP contribution >= 0.6 is 0 Å². The molecule has 3 nitrogen and oxygen atoms in total. The number of hydrogen-bond donors (Lipinski definition) is 0. The van der Waals surface area contributed by atoms with E-state index in [1.54, 1.807) is 0 Å². The molecule has 0 aliphatic carbocycles. The lowest BCUT2D eigenvalue weighted by Crippen LogP contribution is -1.86. The van der Waals surface area contributed by atoms with Crippen molar-refractivity contribution in [1.29, 1.82) is 0 Å². The Morgan fingerprint density at radius 1 is 1.44 bits per heavy atom. The normalized spacial score (nSPS) is 9.44. The summed E-state index contributed by atoms with van der Waals surface area (Å²) in [4.78, 5) is 10.6. The molecule has 1 aromatic heterocycles. The molecule has 4 heteroatoms. The van der Waals surface area contributed by atoms with Crippen LogP contribution in [0.5, 0.6) is 0 Å². The third-order valence-electron chi connectivity index (χ3n) is 0.835. The van der Waals surface area contributed by atoms with Gasteiger partial charge in [-0.3, -0.25) is 0 Å². The second-order valence-corrected chi connectivity index (χ2v) is 1.50. The van der Waals surface area contributed by atoms with E-state index in [0.29, 0.717) is 5.56 Å². The van der Waals surface area contributed by atoms with Crippen LogP contribution in [-0.4, -0.2) is 9.97 Å². The SMILES string of the molecule is FOCc1cncnc1. The van der Waals surface area contributed by atoms with E-state index in [1.165, 1.54) is 18.7 Å². The molecule has 48 valence electrons. The fourth-order valence-electron chi connectivity index (χ4n) is 0.467. The van der Waals surface area contributed by atoms with Crippen molar-refractivity contribution < 1.29 is 9.47 Å². The molecular formula is C5H5FN2O. The fourth-order valence-corrected chi connectivity index (χ4v) is 0.467. The molecule has 0 aliphatic rings. The lowest BCUT2D eigenvalue weighted by atomic mass is 10.4. The minimum Gasteiger partial charge on any atom is -0.244 e. The third kappa shape index (κ3) is 1.73. The second kappa shape index (κ2) is 3.09. The Morgan fingerprint density at radius 3 is 2.67 bits per heavy atom.